The largest absolute Gasteiger partial charge is 0.508 e. The Hall–Kier alpha value is -3.55. The molecule has 0 aliphatic carbocycles. The van der Waals surface area contributed by atoms with Gasteiger partial charge in [0.15, 0.2) is 17.1 Å². The molecule has 2 aromatic carbocycles. The van der Waals surface area contributed by atoms with E-state index in [-0.39, 0.29) is 17.1 Å². The van der Waals surface area contributed by atoms with E-state index < -0.39 is 76.7 Å². The van der Waals surface area contributed by atoms with Crippen molar-refractivity contribution in [2.75, 3.05) is 6.61 Å². The van der Waals surface area contributed by atoms with Crippen LogP contribution in [0, 0.1) is 0 Å². The number of phenols is 3. The zero-order valence-electron chi connectivity index (χ0n) is 16.7. The molecule has 1 aliphatic rings. The lowest BCUT2D eigenvalue weighted by Crippen LogP contribution is -2.60. The zero-order valence-corrected chi connectivity index (χ0v) is 16.7. The van der Waals surface area contributed by atoms with E-state index in [1.54, 1.807) is 0 Å². The van der Waals surface area contributed by atoms with E-state index in [1.807, 2.05) is 0 Å². The number of hydrogen-bond donors (Lipinski definition) is 8. The summed E-state index contributed by atoms with van der Waals surface area (Å²) in [6, 6.07) is 5.94. The van der Waals surface area contributed by atoms with Crippen LogP contribution >= 0.6 is 0 Å². The van der Waals surface area contributed by atoms with Crippen LogP contribution in [0.3, 0.4) is 0 Å². The minimum absolute atomic E-state index is 0.0942. The maximum Gasteiger partial charge on any atom is 0.238 e. The van der Waals surface area contributed by atoms with Crippen LogP contribution in [-0.4, -0.2) is 78.2 Å². The number of fused-ring (bicyclic) bond motifs is 1. The van der Waals surface area contributed by atoms with Gasteiger partial charge in [-0.2, -0.15) is 0 Å². The molecule has 2 heterocycles. The van der Waals surface area contributed by atoms with Crippen molar-refractivity contribution in [1.82, 2.24) is 0 Å². The van der Waals surface area contributed by atoms with Gasteiger partial charge in [-0.05, 0) is 24.3 Å². The molecule has 5 atom stereocenters. The number of aromatic hydroxyl groups is 4. The van der Waals surface area contributed by atoms with Crippen LogP contribution in [0.15, 0.2) is 39.5 Å². The minimum Gasteiger partial charge on any atom is -0.508 e. The number of hydrogen-bond acceptors (Lipinski definition) is 12. The molecule has 1 aromatic heterocycles. The fraction of sp³-hybridized carbons (Fsp3) is 0.286. The first-order valence-electron chi connectivity index (χ1n) is 9.65. The molecule has 1 aliphatic heterocycles. The Morgan fingerprint density at radius 1 is 0.909 bits per heavy atom. The van der Waals surface area contributed by atoms with Crippen LogP contribution in [0.4, 0.5) is 0 Å². The Kier molecular flexibility index (Phi) is 5.78. The number of rotatable bonds is 4. The second kappa shape index (κ2) is 8.42. The molecule has 0 amide bonds. The summed E-state index contributed by atoms with van der Waals surface area (Å²) in [7, 11) is 0. The van der Waals surface area contributed by atoms with Gasteiger partial charge in [-0.3, -0.25) is 4.79 Å². The van der Waals surface area contributed by atoms with Crippen molar-refractivity contribution in [3.05, 3.63) is 40.6 Å². The van der Waals surface area contributed by atoms with Gasteiger partial charge in [0.2, 0.25) is 23.2 Å². The lowest BCUT2D eigenvalue weighted by Gasteiger charge is -2.39. The summed E-state index contributed by atoms with van der Waals surface area (Å²) in [5.74, 6) is -3.43. The first-order valence-corrected chi connectivity index (χ1v) is 9.65. The third-order valence-electron chi connectivity index (χ3n) is 5.27. The Labute approximate surface area is 184 Å². The van der Waals surface area contributed by atoms with Crippen molar-refractivity contribution in [2.24, 2.45) is 0 Å². The first kappa shape index (κ1) is 22.6. The zero-order chi connectivity index (χ0) is 24.0. The summed E-state index contributed by atoms with van der Waals surface area (Å²) in [6.07, 6.45) is -8.34. The average molecular weight is 464 g/mol. The number of benzene rings is 2. The summed E-state index contributed by atoms with van der Waals surface area (Å²) < 4.78 is 16.3. The highest BCUT2D eigenvalue weighted by Gasteiger charge is 2.45. The number of aliphatic hydroxyl groups is 4. The van der Waals surface area contributed by atoms with Crippen molar-refractivity contribution in [3.8, 4) is 40.1 Å². The molecule has 1 saturated heterocycles. The van der Waals surface area contributed by atoms with Crippen molar-refractivity contribution in [2.45, 2.75) is 30.7 Å². The molecule has 12 nitrogen and oxygen atoms in total. The van der Waals surface area contributed by atoms with E-state index in [0.29, 0.717) is 0 Å². The van der Waals surface area contributed by atoms with Crippen molar-refractivity contribution < 1.29 is 54.7 Å². The Morgan fingerprint density at radius 2 is 1.58 bits per heavy atom. The van der Waals surface area contributed by atoms with Gasteiger partial charge in [0.05, 0.1) is 6.61 Å². The van der Waals surface area contributed by atoms with Gasteiger partial charge in [0.25, 0.3) is 0 Å². The lowest BCUT2D eigenvalue weighted by molar-refractivity contribution is -0.277. The molecule has 0 saturated carbocycles. The van der Waals surface area contributed by atoms with Crippen molar-refractivity contribution in [3.63, 3.8) is 0 Å². The monoisotopic (exact) mass is 464 g/mol. The standard InChI is InChI=1S/C21H20O12/c22-6-11-13(26)15(28)17(30)21(31-11)33-19-10(25)5-9(24)12-14(27)16(29)18(32-20(12)19)7-1-3-8(23)4-2-7/h1-5,11,13,15,17,21-26,28-30H,6H2/t11-,13?,15+,17?,21?/m1/s1. The van der Waals surface area contributed by atoms with Gasteiger partial charge < -0.3 is 54.7 Å². The van der Waals surface area contributed by atoms with E-state index in [4.69, 9.17) is 13.9 Å². The van der Waals surface area contributed by atoms with Gasteiger partial charge in [-0.1, -0.05) is 0 Å². The highest BCUT2D eigenvalue weighted by atomic mass is 16.7. The molecule has 0 bridgehead atoms. The Morgan fingerprint density at radius 3 is 2.21 bits per heavy atom. The molecule has 8 N–H and O–H groups in total. The quantitative estimate of drug-likeness (QED) is 0.245. The number of aliphatic hydroxyl groups excluding tert-OH is 4. The molecule has 3 unspecified atom stereocenters. The molecule has 1 fully saturated rings. The second-order valence-electron chi connectivity index (χ2n) is 7.42. The molecule has 4 rings (SSSR count). The second-order valence-corrected chi connectivity index (χ2v) is 7.42. The van der Waals surface area contributed by atoms with Gasteiger partial charge in [-0.25, -0.2) is 0 Å². The van der Waals surface area contributed by atoms with Crippen LogP contribution in [0.25, 0.3) is 22.3 Å². The fourth-order valence-electron chi connectivity index (χ4n) is 3.51. The third-order valence-corrected chi connectivity index (χ3v) is 5.27. The normalized spacial score (nSPS) is 25.3. The highest BCUT2D eigenvalue weighted by Crippen LogP contribution is 2.43. The van der Waals surface area contributed by atoms with Crippen molar-refractivity contribution >= 4 is 11.0 Å². The summed E-state index contributed by atoms with van der Waals surface area (Å²) in [5.41, 5.74) is -1.45. The average Bonchev–Trinajstić information content (AvgIpc) is 2.78. The Balaban J connectivity index is 1.88. The predicted molar refractivity (Wildman–Crippen MR) is 109 cm³/mol. The topological polar surface area (TPSA) is 211 Å². The van der Waals surface area contributed by atoms with Gasteiger partial charge in [0, 0.05) is 11.6 Å². The van der Waals surface area contributed by atoms with Crippen LogP contribution in [0.5, 0.6) is 28.7 Å². The molecular formula is C21H20O12. The van der Waals surface area contributed by atoms with Gasteiger partial charge >= 0.3 is 0 Å². The van der Waals surface area contributed by atoms with Gasteiger partial charge in [0.1, 0.15) is 41.3 Å². The lowest BCUT2D eigenvalue weighted by atomic mass is 9.99. The van der Waals surface area contributed by atoms with E-state index in [1.165, 1.54) is 24.3 Å². The smallest absolute Gasteiger partial charge is 0.238 e. The highest BCUT2D eigenvalue weighted by molar-refractivity contribution is 5.93. The molecule has 0 spiro atoms. The van der Waals surface area contributed by atoms with Crippen LogP contribution < -0.4 is 10.2 Å². The van der Waals surface area contributed by atoms with Crippen LogP contribution in [0.2, 0.25) is 0 Å². The number of phenolic OH excluding ortho intramolecular Hbond substituents is 3. The van der Waals surface area contributed by atoms with E-state index in [9.17, 15) is 45.6 Å². The Bertz CT molecular complexity index is 1230. The summed E-state index contributed by atoms with van der Waals surface area (Å²) >= 11 is 0. The molecule has 176 valence electrons. The fourth-order valence-corrected chi connectivity index (χ4v) is 3.51. The van der Waals surface area contributed by atoms with Crippen molar-refractivity contribution in [1.29, 1.82) is 0 Å². The molecule has 0 radical (unpaired) electrons. The minimum atomic E-state index is -1.84. The predicted octanol–water partition coefficient (Wildman–Crippen LogP) is -0.539. The van der Waals surface area contributed by atoms with E-state index in [2.05, 4.69) is 0 Å². The summed E-state index contributed by atoms with van der Waals surface area (Å²) in [5, 5.41) is 79.3. The van der Waals surface area contributed by atoms with Crippen LogP contribution in [-0.2, 0) is 4.74 Å². The molecule has 33 heavy (non-hydrogen) atoms. The third kappa shape index (κ3) is 3.79. The molecule has 3 aromatic rings. The van der Waals surface area contributed by atoms with Crippen LogP contribution in [0.1, 0.15) is 0 Å². The maximum absolute atomic E-state index is 12.8. The summed E-state index contributed by atoms with van der Waals surface area (Å²) in [4.78, 5) is 12.8. The number of ether oxygens (including phenoxy) is 2. The maximum atomic E-state index is 12.8. The first-order chi connectivity index (χ1) is 15.6. The molecule has 12 heteroatoms. The van der Waals surface area contributed by atoms with Gasteiger partial charge in [-0.15, -0.1) is 0 Å². The SMILES string of the molecule is O=c1c(O)c(-c2ccc(O)cc2)oc2c(OC3O[C@H](CO)C(O)[C@H](O)C3O)c(O)cc(O)c12. The van der Waals surface area contributed by atoms with E-state index >= 15 is 0 Å². The van der Waals surface area contributed by atoms with E-state index in [0.717, 1.165) is 6.07 Å². The molecular weight excluding hydrogens is 444 g/mol. The summed E-state index contributed by atoms with van der Waals surface area (Å²) in [6.45, 7) is -0.735.